The molecule has 2 bridgehead atoms. The van der Waals surface area contributed by atoms with Gasteiger partial charge in [0.25, 0.3) is 5.91 Å². The van der Waals surface area contributed by atoms with Gasteiger partial charge in [0.15, 0.2) is 5.78 Å². The van der Waals surface area contributed by atoms with E-state index >= 15 is 0 Å². The summed E-state index contributed by atoms with van der Waals surface area (Å²) in [5.74, 6) is 0.648. The molecule has 0 radical (unpaired) electrons. The van der Waals surface area contributed by atoms with E-state index in [9.17, 15) is 9.59 Å². The molecule has 6 heteroatoms. The van der Waals surface area contributed by atoms with Crippen LogP contribution in [0.3, 0.4) is 0 Å². The minimum absolute atomic E-state index is 0.0435. The predicted octanol–water partition coefficient (Wildman–Crippen LogP) is 2.28. The lowest BCUT2D eigenvalue weighted by Crippen LogP contribution is -2.45. The highest BCUT2D eigenvalue weighted by Crippen LogP contribution is 2.31. The van der Waals surface area contributed by atoms with Crippen LogP contribution < -0.4 is 5.32 Å². The molecule has 0 aliphatic carbocycles. The topological polar surface area (TPSA) is 62.3 Å². The van der Waals surface area contributed by atoms with Crippen LogP contribution in [-0.2, 0) is 0 Å². The van der Waals surface area contributed by atoms with E-state index in [-0.39, 0.29) is 17.9 Å². The van der Waals surface area contributed by atoms with Gasteiger partial charge in [-0.2, -0.15) is 0 Å². The second kappa shape index (κ2) is 5.14. The van der Waals surface area contributed by atoms with E-state index in [0.717, 1.165) is 35.5 Å². The van der Waals surface area contributed by atoms with Gasteiger partial charge in [-0.05, 0) is 37.8 Å². The number of hydrogen-bond donors (Lipinski definition) is 1. The second-order valence-corrected chi connectivity index (χ2v) is 7.23. The Labute approximate surface area is 132 Å². The molecule has 2 aliphatic rings. The molecule has 5 nitrogen and oxygen atoms in total. The summed E-state index contributed by atoms with van der Waals surface area (Å²) in [6, 6.07) is 3.61. The molecule has 2 aromatic heterocycles. The summed E-state index contributed by atoms with van der Waals surface area (Å²) in [6.45, 7) is 3.73. The summed E-state index contributed by atoms with van der Waals surface area (Å²) >= 11 is 1.41. The maximum Gasteiger partial charge on any atom is 0.271 e. The number of hydrogen-bond acceptors (Lipinski definition) is 5. The number of amides is 1. The zero-order valence-corrected chi connectivity index (χ0v) is 13.2. The zero-order valence-electron chi connectivity index (χ0n) is 12.3. The normalized spacial score (nSPS) is 26.5. The standard InChI is InChI=1S/C16H17N3O2S/c1-9(20)13-5-11-7-17-12(6-14(11)22-13)16(21)18-15-4-10-2-3-19(15)8-10/h5-7,10,15H,2-4,8H2,1H3,(H,18,21). The number of piperidine rings is 1. The Bertz CT molecular complexity index is 770. The first kappa shape index (κ1) is 13.8. The van der Waals surface area contributed by atoms with Gasteiger partial charge < -0.3 is 5.32 Å². The van der Waals surface area contributed by atoms with Crippen LogP contribution in [0, 0.1) is 5.92 Å². The summed E-state index contributed by atoms with van der Waals surface area (Å²) in [7, 11) is 0. The average molecular weight is 315 g/mol. The van der Waals surface area contributed by atoms with Crippen molar-refractivity contribution in [1.29, 1.82) is 0 Å². The number of ketones is 1. The van der Waals surface area contributed by atoms with Crippen molar-refractivity contribution in [1.82, 2.24) is 15.2 Å². The summed E-state index contributed by atoms with van der Waals surface area (Å²) < 4.78 is 0.929. The molecule has 2 aromatic rings. The largest absolute Gasteiger partial charge is 0.335 e. The number of Topliss-reactive ketones (excluding diaryl/α,β-unsaturated/α-hetero) is 1. The van der Waals surface area contributed by atoms with Crippen molar-refractivity contribution >= 4 is 33.1 Å². The molecule has 22 heavy (non-hydrogen) atoms. The molecule has 1 amide bonds. The molecular weight excluding hydrogens is 298 g/mol. The van der Waals surface area contributed by atoms with E-state index in [4.69, 9.17) is 0 Å². The lowest BCUT2D eigenvalue weighted by atomic mass is 10.0. The first-order valence-corrected chi connectivity index (χ1v) is 8.37. The van der Waals surface area contributed by atoms with Crippen molar-refractivity contribution in [2.24, 2.45) is 5.92 Å². The highest BCUT2D eigenvalue weighted by atomic mass is 32.1. The molecule has 0 spiro atoms. The predicted molar refractivity (Wildman–Crippen MR) is 85.2 cm³/mol. The van der Waals surface area contributed by atoms with Gasteiger partial charge in [0.05, 0.1) is 11.0 Å². The monoisotopic (exact) mass is 315 g/mol. The maximum absolute atomic E-state index is 12.4. The van der Waals surface area contributed by atoms with Crippen LogP contribution in [0.25, 0.3) is 10.1 Å². The first-order valence-electron chi connectivity index (χ1n) is 7.55. The van der Waals surface area contributed by atoms with E-state index in [1.165, 1.54) is 17.8 Å². The summed E-state index contributed by atoms with van der Waals surface area (Å²) in [6.07, 6.45) is 4.12. The Morgan fingerprint density at radius 2 is 2.27 bits per heavy atom. The third-order valence-electron chi connectivity index (χ3n) is 4.59. The van der Waals surface area contributed by atoms with Gasteiger partial charge in [0, 0.05) is 29.4 Å². The summed E-state index contributed by atoms with van der Waals surface area (Å²) in [5, 5.41) is 4.00. The summed E-state index contributed by atoms with van der Waals surface area (Å²) in [4.78, 5) is 31.1. The Balaban J connectivity index is 1.55. The Morgan fingerprint density at radius 3 is 2.95 bits per heavy atom. The van der Waals surface area contributed by atoms with Crippen LogP contribution >= 0.6 is 11.3 Å². The summed E-state index contributed by atoms with van der Waals surface area (Å²) in [5.41, 5.74) is 0.424. The number of pyridine rings is 1. The highest BCUT2D eigenvalue weighted by molar-refractivity contribution is 7.20. The second-order valence-electron chi connectivity index (χ2n) is 6.15. The molecular formula is C16H17N3O2S. The molecule has 114 valence electrons. The van der Waals surface area contributed by atoms with Crippen LogP contribution in [0.2, 0.25) is 0 Å². The van der Waals surface area contributed by atoms with Gasteiger partial charge >= 0.3 is 0 Å². The zero-order chi connectivity index (χ0) is 15.3. The quantitative estimate of drug-likeness (QED) is 0.883. The lowest BCUT2D eigenvalue weighted by molar-refractivity contribution is 0.0877. The van der Waals surface area contributed by atoms with E-state index < -0.39 is 0 Å². The number of carbonyl (C=O) groups excluding carboxylic acids is 2. The maximum atomic E-state index is 12.4. The van der Waals surface area contributed by atoms with Gasteiger partial charge in [-0.15, -0.1) is 11.3 Å². The number of thiophene rings is 1. The fourth-order valence-electron chi connectivity index (χ4n) is 3.41. The average Bonchev–Trinajstić information content (AvgIpc) is 3.20. The number of nitrogens with one attached hydrogen (secondary N) is 1. The van der Waals surface area contributed by atoms with Gasteiger partial charge in [-0.25, -0.2) is 0 Å². The van der Waals surface area contributed by atoms with Gasteiger partial charge in [-0.1, -0.05) is 0 Å². The SMILES string of the molecule is CC(=O)c1cc2cnc(C(=O)NC3CC4CCN3C4)cc2s1. The molecule has 0 saturated carbocycles. The molecule has 3 atom stereocenters. The third-order valence-corrected chi connectivity index (χ3v) is 5.79. The van der Waals surface area contributed by atoms with Crippen LogP contribution in [0.1, 0.15) is 39.9 Å². The van der Waals surface area contributed by atoms with E-state index in [0.29, 0.717) is 10.6 Å². The highest BCUT2D eigenvalue weighted by Gasteiger charge is 2.38. The molecule has 4 rings (SSSR count). The number of rotatable bonds is 3. The Hall–Kier alpha value is -1.79. The number of aromatic nitrogens is 1. The molecule has 4 heterocycles. The Morgan fingerprint density at radius 1 is 1.41 bits per heavy atom. The van der Waals surface area contributed by atoms with Crippen molar-refractivity contribution in [2.75, 3.05) is 13.1 Å². The molecule has 2 aliphatic heterocycles. The Kier molecular flexibility index (Phi) is 3.23. The minimum atomic E-state index is -0.128. The van der Waals surface area contributed by atoms with E-state index in [2.05, 4.69) is 15.2 Å². The van der Waals surface area contributed by atoms with Crippen molar-refractivity contribution in [2.45, 2.75) is 25.9 Å². The number of carbonyl (C=O) groups is 2. The van der Waals surface area contributed by atoms with Crippen LogP contribution in [0.15, 0.2) is 18.3 Å². The number of fused-ring (bicyclic) bond motifs is 3. The van der Waals surface area contributed by atoms with Gasteiger partial charge in [-0.3, -0.25) is 19.5 Å². The van der Waals surface area contributed by atoms with E-state index in [1.54, 1.807) is 19.2 Å². The van der Waals surface area contributed by atoms with Crippen molar-refractivity contribution in [3.8, 4) is 0 Å². The van der Waals surface area contributed by atoms with Crippen molar-refractivity contribution in [3.05, 3.63) is 28.9 Å². The smallest absolute Gasteiger partial charge is 0.271 e. The number of nitrogens with zero attached hydrogens (tertiary/aromatic N) is 2. The molecule has 1 N–H and O–H groups in total. The fourth-order valence-corrected chi connectivity index (χ4v) is 4.38. The van der Waals surface area contributed by atoms with Crippen molar-refractivity contribution in [3.63, 3.8) is 0 Å². The van der Waals surface area contributed by atoms with Crippen molar-refractivity contribution < 1.29 is 9.59 Å². The third kappa shape index (κ3) is 2.32. The van der Waals surface area contributed by atoms with Gasteiger partial charge in [0.2, 0.25) is 0 Å². The van der Waals surface area contributed by atoms with Crippen LogP contribution in [-0.4, -0.2) is 40.8 Å². The first-order chi connectivity index (χ1) is 10.6. The van der Waals surface area contributed by atoms with Gasteiger partial charge in [0.1, 0.15) is 5.69 Å². The molecule has 2 saturated heterocycles. The van der Waals surface area contributed by atoms with Crippen LogP contribution in [0.5, 0.6) is 0 Å². The van der Waals surface area contributed by atoms with Crippen LogP contribution in [0.4, 0.5) is 0 Å². The minimum Gasteiger partial charge on any atom is -0.335 e. The molecule has 3 unspecified atom stereocenters. The fraction of sp³-hybridized carbons (Fsp3) is 0.438. The lowest BCUT2D eigenvalue weighted by Gasteiger charge is -2.25. The molecule has 0 aromatic carbocycles. The van der Waals surface area contributed by atoms with E-state index in [1.807, 2.05) is 6.07 Å². The molecule has 2 fully saturated rings.